The number of hydrogen-bond acceptors (Lipinski definition) is 3. The number of nitrogens with one attached hydrogen (secondary N) is 1. The maximum absolute atomic E-state index is 14.4. The van der Waals surface area contributed by atoms with E-state index >= 15 is 0 Å². The van der Waals surface area contributed by atoms with Crippen molar-refractivity contribution < 1.29 is 9.13 Å². The van der Waals surface area contributed by atoms with Crippen molar-refractivity contribution in [3.05, 3.63) is 65.0 Å². The van der Waals surface area contributed by atoms with Gasteiger partial charge in [-0.2, -0.15) is 0 Å². The van der Waals surface area contributed by atoms with Crippen molar-refractivity contribution >= 4 is 0 Å². The molecule has 2 aromatic rings. The number of ether oxygens (including phenoxy) is 1. The predicted octanol–water partition coefficient (Wildman–Crippen LogP) is 3.48. The van der Waals surface area contributed by atoms with Crippen molar-refractivity contribution in [1.82, 2.24) is 5.43 Å². The average Bonchev–Trinajstić information content (AvgIpc) is 2.51. The summed E-state index contributed by atoms with van der Waals surface area (Å²) in [4.78, 5) is 0. The SMILES string of the molecule is CCCOc1ccccc1C(NN)c1cccc(C)c1F. The van der Waals surface area contributed by atoms with Gasteiger partial charge in [0.1, 0.15) is 11.6 Å². The molecular weight excluding hydrogens is 267 g/mol. The predicted molar refractivity (Wildman–Crippen MR) is 82.5 cm³/mol. The third-order valence-electron chi connectivity index (χ3n) is 3.39. The molecular formula is C17H21FN2O. The van der Waals surface area contributed by atoms with Crippen molar-refractivity contribution in [2.45, 2.75) is 26.3 Å². The summed E-state index contributed by atoms with van der Waals surface area (Å²) in [6, 6.07) is 12.4. The first-order chi connectivity index (χ1) is 10.2. The summed E-state index contributed by atoms with van der Waals surface area (Å²) >= 11 is 0. The van der Waals surface area contributed by atoms with E-state index < -0.39 is 6.04 Å². The fraction of sp³-hybridized carbons (Fsp3) is 0.294. The Labute approximate surface area is 124 Å². The Morgan fingerprint density at radius 3 is 2.57 bits per heavy atom. The highest BCUT2D eigenvalue weighted by molar-refractivity contribution is 5.42. The van der Waals surface area contributed by atoms with Crippen LogP contribution in [-0.2, 0) is 0 Å². The molecule has 0 saturated carbocycles. The van der Waals surface area contributed by atoms with Gasteiger partial charge in [-0.3, -0.25) is 5.84 Å². The van der Waals surface area contributed by atoms with Crippen LogP contribution in [0, 0.1) is 12.7 Å². The highest BCUT2D eigenvalue weighted by atomic mass is 19.1. The van der Waals surface area contributed by atoms with Crippen LogP contribution in [-0.4, -0.2) is 6.61 Å². The Balaban J connectivity index is 2.44. The number of hydrogen-bond donors (Lipinski definition) is 2. The lowest BCUT2D eigenvalue weighted by Crippen LogP contribution is -2.30. The van der Waals surface area contributed by atoms with E-state index in [2.05, 4.69) is 5.43 Å². The van der Waals surface area contributed by atoms with Gasteiger partial charge in [-0.1, -0.05) is 43.3 Å². The zero-order valence-corrected chi connectivity index (χ0v) is 12.4. The van der Waals surface area contributed by atoms with E-state index in [1.165, 1.54) is 0 Å². The zero-order valence-electron chi connectivity index (χ0n) is 12.4. The highest BCUT2D eigenvalue weighted by Gasteiger charge is 2.20. The molecule has 112 valence electrons. The Morgan fingerprint density at radius 2 is 1.86 bits per heavy atom. The van der Waals surface area contributed by atoms with Crippen LogP contribution in [0.5, 0.6) is 5.75 Å². The summed E-state index contributed by atoms with van der Waals surface area (Å²) in [6.07, 6.45) is 0.911. The topological polar surface area (TPSA) is 47.3 Å². The quantitative estimate of drug-likeness (QED) is 0.632. The second-order valence-electron chi connectivity index (χ2n) is 4.96. The second kappa shape index (κ2) is 7.20. The van der Waals surface area contributed by atoms with Crippen LogP contribution < -0.4 is 16.0 Å². The molecule has 1 atom stereocenters. The summed E-state index contributed by atoms with van der Waals surface area (Å²) in [6.45, 7) is 4.40. The molecule has 0 spiro atoms. The molecule has 2 rings (SSSR count). The van der Waals surface area contributed by atoms with Crippen LogP contribution in [0.25, 0.3) is 0 Å². The standard InChI is InChI=1S/C17H21FN2O/c1-3-11-21-15-10-5-4-8-13(15)17(20-19)14-9-6-7-12(2)16(14)18/h4-10,17,20H,3,11,19H2,1-2H3. The Bertz CT molecular complexity index is 601. The van der Waals surface area contributed by atoms with E-state index in [9.17, 15) is 4.39 Å². The van der Waals surface area contributed by atoms with Crippen molar-refractivity contribution in [3.8, 4) is 5.75 Å². The first kappa shape index (κ1) is 15.5. The smallest absolute Gasteiger partial charge is 0.131 e. The van der Waals surface area contributed by atoms with Gasteiger partial charge in [0, 0.05) is 11.1 Å². The van der Waals surface area contributed by atoms with Crippen molar-refractivity contribution in [2.24, 2.45) is 5.84 Å². The Morgan fingerprint density at radius 1 is 1.14 bits per heavy atom. The maximum Gasteiger partial charge on any atom is 0.131 e. The number of benzene rings is 2. The molecule has 0 aromatic heterocycles. The number of aryl methyl sites for hydroxylation is 1. The molecule has 3 nitrogen and oxygen atoms in total. The van der Waals surface area contributed by atoms with Crippen LogP contribution >= 0.6 is 0 Å². The van der Waals surface area contributed by atoms with Gasteiger partial charge in [-0.25, -0.2) is 9.82 Å². The lowest BCUT2D eigenvalue weighted by molar-refractivity contribution is 0.311. The second-order valence-corrected chi connectivity index (χ2v) is 4.96. The average molecular weight is 288 g/mol. The third-order valence-corrected chi connectivity index (χ3v) is 3.39. The van der Waals surface area contributed by atoms with Crippen LogP contribution in [0.2, 0.25) is 0 Å². The molecule has 0 fully saturated rings. The molecule has 0 saturated heterocycles. The molecule has 0 aliphatic heterocycles. The molecule has 0 radical (unpaired) electrons. The molecule has 0 bridgehead atoms. The number of halogens is 1. The van der Waals surface area contributed by atoms with Gasteiger partial charge in [0.2, 0.25) is 0 Å². The number of para-hydroxylation sites is 1. The van der Waals surface area contributed by atoms with Crippen LogP contribution in [0.15, 0.2) is 42.5 Å². The number of nitrogens with two attached hydrogens (primary N) is 1. The van der Waals surface area contributed by atoms with Gasteiger partial charge in [0.25, 0.3) is 0 Å². The fourth-order valence-corrected chi connectivity index (χ4v) is 2.30. The van der Waals surface area contributed by atoms with Gasteiger partial charge in [0.05, 0.1) is 12.6 Å². The van der Waals surface area contributed by atoms with Crippen molar-refractivity contribution in [2.75, 3.05) is 6.61 Å². The van der Waals surface area contributed by atoms with Gasteiger partial charge >= 0.3 is 0 Å². The maximum atomic E-state index is 14.4. The van der Waals surface area contributed by atoms with Gasteiger partial charge in [0.15, 0.2) is 0 Å². The van der Waals surface area contributed by atoms with E-state index in [-0.39, 0.29) is 5.82 Å². The van der Waals surface area contributed by atoms with Gasteiger partial charge in [-0.15, -0.1) is 0 Å². The van der Waals surface area contributed by atoms with E-state index in [0.29, 0.717) is 17.7 Å². The molecule has 0 aliphatic carbocycles. The normalized spacial score (nSPS) is 12.2. The van der Waals surface area contributed by atoms with Crippen LogP contribution in [0.1, 0.15) is 36.1 Å². The lowest BCUT2D eigenvalue weighted by atomic mass is 9.96. The number of rotatable bonds is 6. The molecule has 3 N–H and O–H groups in total. The van der Waals surface area contributed by atoms with Crippen LogP contribution in [0.3, 0.4) is 0 Å². The van der Waals surface area contributed by atoms with Crippen molar-refractivity contribution in [1.29, 1.82) is 0 Å². The minimum atomic E-state index is -0.446. The van der Waals surface area contributed by atoms with E-state index in [1.807, 2.05) is 37.3 Å². The highest BCUT2D eigenvalue weighted by Crippen LogP contribution is 2.31. The molecule has 0 amide bonds. The molecule has 21 heavy (non-hydrogen) atoms. The van der Waals surface area contributed by atoms with Gasteiger partial charge < -0.3 is 4.74 Å². The fourth-order valence-electron chi connectivity index (χ4n) is 2.30. The molecule has 2 aromatic carbocycles. The van der Waals surface area contributed by atoms with Crippen molar-refractivity contribution in [3.63, 3.8) is 0 Å². The molecule has 4 heteroatoms. The lowest BCUT2D eigenvalue weighted by Gasteiger charge is -2.21. The monoisotopic (exact) mass is 288 g/mol. The van der Waals surface area contributed by atoms with Gasteiger partial charge in [-0.05, 0) is 25.0 Å². The first-order valence-electron chi connectivity index (χ1n) is 7.11. The summed E-state index contributed by atoms with van der Waals surface area (Å²) < 4.78 is 20.1. The molecule has 0 aliphatic rings. The Hall–Kier alpha value is -1.91. The summed E-state index contributed by atoms with van der Waals surface area (Å²) in [5.41, 5.74) is 4.65. The largest absolute Gasteiger partial charge is 0.493 e. The first-order valence-corrected chi connectivity index (χ1v) is 7.11. The molecule has 0 heterocycles. The third kappa shape index (κ3) is 3.40. The van der Waals surface area contributed by atoms with E-state index in [4.69, 9.17) is 10.6 Å². The summed E-state index contributed by atoms with van der Waals surface area (Å²) in [5.74, 6) is 6.16. The summed E-state index contributed by atoms with van der Waals surface area (Å²) in [7, 11) is 0. The Kier molecular flexibility index (Phi) is 5.31. The zero-order chi connectivity index (χ0) is 15.2. The minimum Gasteiger partial charge on any atom is -0.493 e. The number of hydrazine groups is 1. The summed E-state index contributed by atoms with van der Waals surface area (Å²) in [5, 5.41) is 0. The van der Waals surface area contributed by atoms with E-state index in [0.717, 1.165) is 17.7 Å². The molecule has 1 unspecified atom stereocenters. The van der Waals surface area contributed by atoms with Crippen LogP contribution in [0.4, 0.5) is 4.39 Å². The minimum absolute atomic E-state index is 0.245. The van der Waals surface area contributed by atoms with E-state index in [1.54, 1.807) is 19.1 Å².